The molecule has 5 N–H and O–H groups in total. The summed E-state index contributed by atoms with van der Waals surface area (Å²) >= 11 is 0. The van der Waals surface area contributed by atoms with Crippen LogP contribution in [0.25, 0.3) is 0 Å². The van der Waals surface area contributed by atoms with Gasteiger partial charge in [-0.1, -0.05) is 0 Å². The molecule has 0 aromatic heterocycles. The van der Waals surface area contributed by atoms with E-state index in [-0.39, 0.29) is 0 Å². The Kier molecular flexibility index (Phi) is 2.99. The van der Waals surface area contributed by atoms with Crippen LogP contribution in [-0.2, 0) is 4.74 Å². The highest BCUT2D eigenvalue weighted by molar-refractivity contribution is 4.87. The summed E-state index contributed by atoms with van der Waals surface area (Å²) in [7, 11) is 0. The minimum atomic E-state index is -1.57. The molecule has 0 spiro atoms. The van der Waals surface area contributed by atoms with Crippen molar-refractivity contribution in [1.82, 2.24) is 0 Å². The molecule has 1 fully saturated rings. The van der Waals surface area contributed by atoms with Crippen LogP contribution in [0.4, 0.5) is 0 Å². The van der Waals surface area contributed by atoms with Crippen molar-refractivity contribution < 1.29 is 30.3 Å². The van der Waals surface area contributed by atoms with Gasteiger partial charge >= 0.3 is 0 Å². The lowest BCUT2D eigenvalue weighted by atomic mass is 10.00. The van der Waals surface area contributed by atoms with E-state index in [1.54, 1.807) is 0 Å². The van der Waals surface area contributed by atoms with Crippen molar-refractivity contribution in [3.05, 3.63) is 0 Å². The first-order valence-corrected chi connectivity index (χ1v) is 3.56. The average Bonchev–Trinajstić information content (AvgIpc) is 2.08. The zero-order chi connectivity index (χ0) is 9.30. The maximum Gasteiger partial charge on any atom is 0.184 e. The molecule has 5 atom stereocenters. The van der Waals surface area contributed by atoms with E-state index in [4.69, 9.17) is 25.5 Å². The molecule has 0 amide bonds. The van der Waals surface area contributed by atoms with Crippen molar-refractivity contribution >= 4 is 0 Å². The van der Waals surface area contributed by atoms with Gasteiger partial charge in [0.1, 0.15) is 24.4 Å². The zero-order valence-corrected chi connectivity index (χ0v) is 6.24. The van der Waals surface area contributed by atoms with E-state index in [1.165, 1.54) is 0 Å². The Morgan fingerprint density at radius 3 is 2.00 bits per heavy atom. The van der Waals surface area contributed by atoms with Crippen LogP contribution in [0.15, 0.2) is 0 Å². The van der Waals surface area contributed by atoms with Gasteiger partial charge in [-0.3, -0.25) is 0 Å². The highest BCUT2D eigenvalue weighted by atomic mass is 16.6. The van der Waals surface area contributed by atoms with Crippen LogP contribution in [0.1, 0.15) is 0 Å². The van der Waals surface area contributed by atoms with Gasteiger partial charge < -0.3 is 30.3 Å². The molecule has 1 aliphatic heterocycles. The second-order valence-electron chi connectivity index (χ2n) is 2.72. The fraction of sp³-hybridized carbons (Fsp3) is 1.00. The van der Waals surface area contributed by atoms with Gasteiger partial charge in [0, 0.05) is 0 Å². The van der Waals surface area contributed by atoms with E-state index in [1.807, 2.05) is 0 Å². The zero-order valence-electron chi connectivity index (χ0n) is 6.24. The second-order valence-corrected chi connectivity index (χ2v) is 2.72. The van der Waals surface area contributed by atoms with E-state index in [2.05, 4.69) is 4.74 Å². The molecule has 0 aromatic carbocycles. The molecule has 0 radical (unpaired) electrons. The SMILES string of the molecule is OC[C@@H]1OC(O)[C@@H](O)[C@@H](O)[C@H]1O. The van der Waals surface area contributed by atoms with Gasteiger partial charge in [0.15, 0.2) is 6.29 Å². The van der Waals surface area contributed by atoms with E-state index < -0.39 is 37.3 Å². The third-order valence-electron chi connectivity index (χ3n) is 1.87. The van der Waals surface area contributed by atoms with Crippen LogP contribution in [-0.4, -0.2) is 62.8 Å². The second kappa shape index (κ2) is 3.65. The van der Waals surface area contributed by atoms with Gasteiger partial charge in [-0.05, 0) is 0 Å². The Hall–Kier alpha value is -0.240. The summed E-state index contributed by atoms with van der Waals surface area (Å²) < 4.78 is 4.58. The Bertz CT molecular complexity index is 146. The molecule has 0 saturated carbocycles. The summed E-state index contributed by atoms with van der Waals surface area (Å²) in [5.41, 5.74) is 0. The predicted molar refractivity (Wildman–Crippen MR) is 36.0 cm³/mol. The Morgan fingerprint density at radius 1 is 0.917 bits per heavy atom. The molecule has 12 heavy (non-hydrogen) atoms. The van der Waals surface area contributed by atoms with Crippen molar-refractivity contribution in [1.29, 1.82) is 0 Å². The first-order chi connectivity index (χ1) is 5.57. The van der Waals surface area contributed by atoms with Crippen LogP contribution in [0, 0.1) is 0 Å². The molecule has 1 unspecified atom stereocenters. The van der Waals surface area contributed by atoms with Gasteiger partial charge in [0.25, 0.3) is 0 Å². The van der Waals surface area contributed by atoms with Crippen LogP contribution < -0.4 is 0 Å². The number of hydrogen-bond donors (Lipinski definition) is 5. The van der Waals surface area contributed by atoms with Crippen LogP contribution in [0.2, 0.25) is 0 Å². The molecular formula is C6H12O6. The van der Waals surface area contributed by atoms with Gasteiger partial charge in [-0.15, -0.1) is 0 Å². The van der Waals surface area contributed by atoms with Crippen LogP contribution in [0.3, 0.4) is 0 Å². The maximum atomic E-state index is 9.12. The summed E-state index contributed by atoms with van der Waals surface area (Å²) in [6.45, 7) is -0.526. The lowest BCUT2D eigenvalue weighted by Gasteiger charge is -2.37. The van der Waals surface area contributed by atoms with E-state index in [0.29, 0.717) is 0 Å². The fourth-order valence-electron chi connectivity index (χ4n) is 1.08. The quantitative estimate of drug-likeness (QED) is 0.290. The van der Waals surface area contributed by atoms with E-state index >= 15 is 0 Å². The van der Waals surface area contributed by atoms with Crippen LogP contribution >= 0.6 is 0 Å². The number of aliphatic hydroxyl groups is 5. The molecule has 72 valence electrons. The number of ether oxygens (including phenoxy) is 1. The topological polar surface area (TPSA) is 110 Å². The minimum absolute atomic E-state index is 0.526. The Morgan fingerprint density at radius 2 is 1.50 bits per heavy atom. The first-order valence-electron chi connectivity index (χ1n) is 3.56. The average molecular weight is 180 g/mol. The molecule has 1 aliphatic rings. The molecule has 0 bridgehead atoms. The fourth-order valence-corrected chi connectivity index (χ4v) is 1.08. The molecule has 1 rings (SSSR count). The van der Waals surface area contributed by atoms with E-state index in [0.717, 1.165) is 0 Å². The summed E-state index contributed by atoms with van der Waals surface area (Å²) in [6, 6.07) is 0. The van der Waals surface area contributed by atoms with Gasteiger partial charge in [-0.2, -0.15) is 0 Å². The lowest BCUT2D eigenvalue weighted by molar-refractivity contribution is -0.286. The highest BCUT2D eigenvalue weighted by Gasteiger charge is 2.42. The number of hydrogen-bond acceptors (Lipinski definition) is 6. The van der Waals surface area contributed by atoms with Gasteiger partial charge in [0.2, 0.25) is 0 Å². The van der Waals surface area contributed by atoms with Crippen molar-refractivity contribution in [2.24, 2.45) is 0 Å². The van der Waals surface area contributed by atoms with Crippen molar-refractivity contribution in [2.45, 2.75) is 30.7 Å². The van der Waals surface area contributed by atoms with Crippen LogP contribution in [0.5, 0.6) is 0 Å². The molecule has 6 nitrogen and oxygen atoms in total. The molecule has 1 saturated heterocycles. The molecule has 1 heterocycles. The largest absolute Gasteiger partial charge is 0.394 e. The Balaban J connectivity index is 2.63. The third kappa shape index (κ3) is 1.58. The minimum Gasteiger partial charge on any atom is -0.394 e. The molecule has 0 aliphatic carbocycles. The molecule has 0 aromatic rings. The summed E-state index contributed by atoms with van der Waals surface area (Å²) in [5, 5.41) is 44.7. The standard InChI is InChI=1S/C6H12O6/c7-1-2-3(8)4(9)5(10)6(11)12-2/h2-11H,1H2/t2-,3-,4-,5-,6?/m0/s1. The smallest absolute Gasteiger partial charge is 0.184 e. The molecular weight excluding hydrogens is 168 g/mol. The Labute approximate surface area is 68.6 Å². The van der Waals surface area contributed by atoms with Crippen molar-refractivity contribution in [3.8, 4) is 0 Å². The predicted octanol–water partition coefficient (Wildman–Crippen LogP) is -3.22. The first kappa shape index (κ1) is 9.85. The number of aliphatic hydroxyl groups excluding tert-OH is 5. The summed E-state index contributed by atoms with van der Waals surface area (Å²) in [4.78, 5) is 0. The number of rotatable bonds is 1. The van der Waals surface area contributed by atoms with Crippen molar-refractivity contribution in [2.75, 3.05) is 6.61 Å². The highest BCUT2D eigenvalue weighted by Crippen LogP contribution is 2.18. The molecule has 6 heteroatoms. The van der Waals surface area contributed by atoms with E-state index in [9.17, 15) is 0 Å². The monoisotopic (exact) mass is 180 g/mol. The summed E-state index contributed by atoms with van der Waals surface area (Å²) in [6.07, 6.45) is -7.04. The van der Waals surface area contributed by atoms with Gasteiger partial charge in [0.05, 0.1) is 6.61 Å². The lowest BCUT2D eigenvalue weighted by Crippen LogP contribution is -2.58. The third-order valence-corrected chi connectivity index (χ3v) is 1.87. The summed E-state index contributed by atoms with van der Waals surface area (Å²) in [5.74, 6) is 0. The van der Waals surface area contributed by atoms with Crippen molar-refractivity contribution in [3.63, 3.8) is 0 Å². The van der Waals surface area contributed by atoms with Gasteiger partial charge in [-0.25, -0.2) is 0 Å². The normalized spacial score (nSPS) is 49.2. The maximum absolute atomic E-state index is 9.12.